The summed E-state index contributed by atoms with van der Waals surface area (Å²) in [6, 6.07) is 12.0. The van der Waals surface area contributed by atoms with E-state index in [0.717, 1.165) is 24.1 Å². The first kappa shape index (κ1) is 19.6. The molecule has 0 unspecified atom stereocenters. The van der Waals surface area contributed by atoms with Crippen LogP contribution in [0.15, 0.2) is 36.4 Å². The smallest absolute Gasteiger partial charge is 0.180 e. The number of ether oxygens (including phenoxy) is 2. The molecule has 2 N–H and O–H groups in total. The fraction of sp³-hybridized carbons (Fsp3) is 0.400. The van der Waals surface area contributed by atoms with Crippen molar-refractivity contribution in [2.24, 2.45) is 0 Å². The van der Waals surface area contributed by atoms with E-state index in [2.05, 4.69) is 24.4 Å². The van der Waals surface area contributed by atoms with Crippen LogP contribution in [0.4, 0.5) is 0 Å². The Morgan fingerprint density at radius 1 is 1.12 bits per heavy atom. The van der Waals surface area contributed by atoms with Gasteiger partial charge in [-0.15, -0.1) is 0 Å². The van der Waals surface area contributed by atoms with Crippen LogP contribution in [0, 0.1) is 6.92 Å². The van der Waals surface area contributed by atoms with Crippen molar-refractivity contribution >= 4 is 11.6 Å². The van der Waals surface area contributed by atoms with Gasteiger partial charge in [-0.1, -0.05) is 41.4 Å². The molecule has 0 amide bonds. The minimum Gasteiger partial charge on any atom is -0.490 e. The second-order valence-electron chi connectivity index (χ2n) is 5.87. The Hall–Kier alpha value is -1.75. The van der Waals surface area contributed by atoms with Crippen molar-refractivity contribution in [1.82, 2.24) is 5.32 Å². The summed E-state index contributed by atoms with van der Waals surface area (Å²) >= 11 is 6.44. The van der Waals surface area contributed by atoms with Crippen LogP contribution in [-0.4, -0.2) is 24.9 Å². The SMILES string of the molecule is CCOc1cc(CNCCCO)cc(Cl)c1OCc1cccc(C)c1. The molecule has 0 heterocycles. The largest absolute Gasteiger partial charge is 0.490 e. The van der Waals surface area contributed by atoms with Gasteiger partial charge < -0.3 is 19.9 Å². The first-order chi connectivity index (χ1) is 12.1. The minimum absolute atomic E-state index is 0.184. The van der Waals surface area contributed by atoms with Gasteiger partial charge in [0.05, 0.1) is 11.6 Å². The quantitative estimate of drug-likeness (QED) is 0.624. The normalized spacial score (nSPS) is 10.7. The molecule has 25 heavy (non-hydrogen) atoms. The van der Waals surface area contributed by atoms with Gasteiger partial charge in [0.15, 0.2) is 11.5 Å². The maximum absolute atomic E-state index is 8.83. The van der Waals surface area contributed by atoms with E-state index in [0.29, 0.717) is 36.3 Å². The predicted molar refractivity (Wildman–Crippen MR) is 102 cm³/mol. The van der Waals surface area contributed by atoms with Crippen LogP contribution in [0.2, 0.25) is 5.02 Å². The highest BCUT2D eigenvalue weighted by Crippen LogP contribution is 2.37. The van der Waals surface area contributed by atoms with Crippen molar-refractivity contribution in [2.75, 3.05) is 19.8 Å². The maximum atomic E-state index is 8.83. The Labute approximate surface area is 154 Å². The molecule has 0 bridgehead atoms. The van der Waals surface area contributed by atoms with E-state index in [-0.39, 0.29) is 6.61 Å². The Morgan fingerprint density at radius 3 is 2.68 bits per heavy atom. The number of hydrogen-bond acceptors (Lipinski definition) is 4. The van der Waals surface area contributed by atoms with Gasteiger partial charge in [0.25, 0.3) is 0 Å². The lowest BCUT2D eigenvalue weighted by atomic mass is 10.1. The summed E-state index contributed by atoms with van der Waals surface area (Å²) in [6.07, 6.45) is 0.726. The molecular weight excluding hydrogens is 338 g/mol. The van der Waals surface area contributed by atoms with Crippen LogP contribution in [-0.2, 0) is 13.2 Å². The molecule has 0 saturated carbocycles. The van der Waals surface area contributed by atoms with Crippen molar-refractivity contribution in [2.45, 2.75) is 33.4 Å². The van der Waals surface area contributed by atoms with Crippen LogP contribution in [0.25, 0.3) is 0 Å². The van der Waals surface area contributed by atoms with E-state index in [1.54, 1.807) is 0 Å². The monoisotopic (exact) mass is 363 g/mol. The minimum atomic E-state index is 0.184. The van der Waals surface area contributed by atoms with Crippen molar-refractivity contribution in [3.05, 3.63) is 58.1 Å². The molecule has 4 nitrogen and oxygen atoms in total. The van der Waals surface area contributed by atoms with Crippen molar-refractivity contribution in [1.29, 1.82) is 0 Å². The van der Waals surface area contributed by atoms with E-state index in [1.165, 1.54) is 5.56 Å². The molecule has 0 aliphatic rings. The van der Waals surface area contributed by atoms with E-state index < -0.39 is 0 Å². The highest BCUT2D eigenvalue weighted by molar-refractivity contribution is 6.32. The molecule has 0 atom stereocenters. The van der Waals surface area contributed by atoms with Crippen LogP contribution < -0.4 is 14.8 Å². The molecular formula is C20H26ClNO3. The third kappa shape index (κ3) is 6.24. The lowest BCUT2D eigenvalue weighted by molar-refractivity contribution is 0.269. The van der Waals surface area contributed by atoms with E-state index in [1.807, 2.05) is 31.2 Å². The van der Waals surface area contributed by atoms with Gasteiger partial charge in [-0.2, -0.15) is 0 Å². The number of aryl methyl sites for hydroxylation is 1. The zero-order chi connectivity index (χ0) is 18.1. The van der Waals surface area contributed by atoms with Crippen LogP contribution in [0.1, 0.15) is 30.0 Å². The molecule has 0 spiro atoms. The van der Waals surface area contributed by atoms with Gasteiger partial charge in [0, 0.05) is 13.2 Å². The van der Waals surface area contributed by atoms with Crippen molar-refractivity contribution in [3.8, 4) is 11.5 Å². The van der Waals surface area contributed by atoms with E-state index in [9.17, 15) is 0 Å². The fourth-order valence-electron chi connectivity index (χ4n) is 2.52. The Balaban J connectivity index is 2.10. The fourth-order valence-corrected chi connectivity index (χ4v) is 2.81. The average Bonchev–Trinajstić information content (AvgIpc) is 2.58. The lowest BCUT2D eigenvalue weighted by Crippen LogP contribution is -2.15. The highest BCUT2D eigenvalue weighted by atomic mass is 35.5. The molecule has 2 aromatic rings. The molecule has 0 fully saturated rings. The summed E-state index contributed by atoms with van der Waals surface area (Å²) in [6.45, 7) is 6.57. The lowest BCUT2D eigenvalue weighted by Gasteiger charge is -2.16. The zero-order valence-electron chi connectivity index (χ0n) is 14.8. The predicted octanol–water partition coefficient (Wildman–Crippen LogP) is 4.10. The molecule has 136 valence electrons. The summed E-state index contributed by atoms with van der Waals surface area (Å²) in [5, 5.41) is 12.6. The number of rotatable bonds is 10. The molecule has 2 aromatic carbocycles. The van der Waals surface area contributed by atoms with Crippen LogP contribution >= 0.6 is 11.6 Å². The molecule has 0 aromatic heterocycles. The summed E-state index contributed by atoms with van der Waals surface area (Å²) < 4.78 is 11.7. The molecule has 0 aliphatic carbocycles. The Morgan fingerprint density at radius 2 is 1.96 bits per heavy atom. The number of benzene rings is 2. The Bertz CT molecular complexity index is 676. The standard InChI is InChI=1S/C20H26ClNO3/c1-3-24-19-12-17(13-22-8-5-9-23)11-18(21)20(19)25-14-16-7-4-6-15(2)10-16/h4,6-7,10-12,22-23H,3,5,8-9,13-14H2,1-2H3. The molecule has 0 aliphatic heterocycles. The van der Waals surface area contributed by atoms with Gasteiger partial charge in [0.2, 0.25) is 0 Å². The maximum Gasteiger partial charge on any atom is 0.180 e. The third-order valence-electron chi connectivity index (χ3n) is 3.68. The summed E-state index contributed by atoms with van der Waals surface area (Å²) in [4.78, 5) is 0. The first-order valence-corrected chi connectivity index (χ1v) is 8.97. The molecule has 5 heteroatoms. The van der Waals surface area contributed by atoms with E-state index >= 15 is 0 Å². The van der Waals surface area contributed by atoms with Crippen molar-refractivity contribution < 1.29 is 14.6 Å². The molecule has 2 rings (SSSR count). The Kier molecular flexibility index (Phi) is 8.06. The topological polar surface area (TPSA) is 50.7 Å². The number of aliphatic hydroxyl groups excluding tert-OH is 1. The summed E-state index contributed by atoms with van der Waals surface area (Å²) in [7, 11) is 0. The summed E-state index contributed by atoms with van der Waals surface area (Å²) in [5.41, 5.74) is 3.31. The molecule has 0 saturated heterocycles. The van der Waals surface area contributed by atoms with Gasteiger partial charge >= 0.3 is 0 Å². The van der Waals surface area contributed by atoms with Crippen LogP contribution in [0.3, 0.4) is 0 Å². The van der Waals surface area contributed by atoms with Gasteiger partial charge in [-0.25, -0.2) is 0 Å². The number of hydrogen-bond donors (Lipinski definition) is 2. The second kappa shape index (κ2) is 10.3. The second-order valence-corrected chi connectivity index (χ2v) is 6.28. The van der Waals surface area contributed by atoms with Crippen molar-refractivity contribution in [3.63, 3.8) is 0 Å². The van der Waals surface area contributed by atoms with Gasteiger partial charge in [-0.3, -0.25) is 0 Å². The summed E-state index contributed by atoms with van der Waals surface area (Å²) in [5.74, 6) is 1.23. The van der Waals surface area contributed by atoms with E-state index in [4.69, 9.17) is 26.2 Å². The van der Waals surface area contributed by atoms with Gasteiger partial charge in [0.1, 0.15) is 6.61 Å². The number of aliphatic hydroxyl groups is 1. The average molecular weight is 364 g/mol. The first-order valence-electron chi connectivity index (χ1n) is 8.59. The number of halogens is 1. The third-order valence-corrected chi connectivity index (χ3v) is 3.96. The zero-order valence-corrected chi connectivity index (χ0v) is 15.6. The highest BCUT2D eigenvalue weighted by Gasteiger charge is 2.13. The molecule has 0 radical (unpaired) electrons. The van der Waals surface area contributed by atoms with Gasteiger partial charge in [-0.05, 0) is 50.1 Å². The van der Waals surface area contributed by atoms with Crippen LogP contribution in [0.5, 0.6) is 11.5 Å². The number of nitrogens with one attached hydrogen (secondary N) is 1.